The normalized spacial score (nSPS) is 16.9. The highest BCUT2D eigenvalue weighted by atomic mass is 16.5. The van der Waals surface area contributed by atoms with Crippen molar-refractivity contribution in [2.75, 3.05) is 6.54 Å². The van der Waals surface area contributed by atoms with Crippen molar-refractivity contribution in [2.24, 2.45) is 0 Å². The molecule has 106 valence electrons. The van der Waals surface area contributed by atoms with E-state index in [9.17, 15) is 0 Å². The van der Waals surface area contributed by atoms with Gasteiger partial charge in [0.1, 0.15) is 11.9 Å². The molecule has 2 heterocycles. The Bertz CT molecular complexity index is 539. The minimum absolute atomic E-state index is 0.192. The Morgan fingerprint density at radius 1 is 1.35 bits per heavy atom. The van der Waals surface area contributed by atoms with Gasteiger partial charge in [-0.25, -0.2) is 0 Å². The fourth-order valence-corrected chi connectivity index (χ4v) is 2.62. The average Bonchev–Trinajstić information content (AvgIpc) is 3.06. The zero-order chi connectivity index (χ0) is 13.8. The molecule has 0 spiro atoms. The molecule has 0 fully saturated rings. The van der Waals surface area contributed by atoms with E-state index in [0.29, 0.717) is 0 Å². The fourth-order valence-electron chi connectivity index (χ4n) is 2.62. The summed E-state index contributed by atoms with van der Waals surface area (Å²) < 4.78 is 8.03. The first-order chi connectivity index (χ1) is 9.86. The summed E-state index contributed by atoms with van der Waals surface area (Å²) in [6.45, 7) is 4.89. The number of hydrogen-bond acceptors (Lipinski definition) is 3. The summed E-state index contributed by atoms with van der Waals surface area (Å²) in [4.78, 5) is 0. The van der Waals surface area contributed by atoms with Crippen molar-refractivity contribution in [1.29, 1.82) is 0 Å². The molecule has 1 aromatic heterocycles. The van der Waals surface area contributed by atoms with Crippen molar-refractivity contribution in [3.05, 3.63) is 47.8 Å². The van der Waals surface area contributed by atoms with Crippen LogP contribution < -0.4 is 10.1 Å². The number of nitrogens with zero attached hydrogens (tertiary/aromatic N) is 2. The van der Waals surface area contributed by atoms with E-state index in [1.165, 1.54) is 11.3 Å². The molecule has 1 aliphatic rings. The van der Waals surface area contributed by atoms with E-state index in [-0.39, 0.29) is 6.10 Å². The summed E-state index contributed by atoms with van der Waals surface area (Å²) in [6, 6.07) is 10.4. The number of para-hydroxylation sites is 1. The smallest absolute Gasteiger partial charge is 0.123 e. The molecule has 1 atom stereocenters. The SMILES string of the molecule is CCCNCc1ccnn1CC1Cc2ccccc2O1. The standard InChI is InChI=1S/C16H21N3O/c1-2-8-17-11-14-7-9-18-19(14)12-15-10-13-5-3-4-6-16(13)20-15/h3-7,9,15,17H,2,8,10-12H2,1H3. The largest absolute Gasteiger partial charge is 0.488 e. The maximum Gasteiger partial charge on any atom is 0.123 e. The van der Waals surface area contributed by atoms with Crippen LogP contribution in [0.15, 0.2) is 36.5 Å². The van der Waals surface area contributed by atoms with Crippen molar-refractivity contribution in [3.63, 3.8) is 0 Å². The van der Waals surface area contributed by atoms with Crippen LogP contribution in [0.5, 0.6) is 5.75 Å². The molecule has 0 aliphatic carbocycles. The van der Waals surface area contributed by atoms with Crippen LogP contribution in [0.3, 0.4) is 0 Å². The minimum atomic E-state index is 0.192. The third-order valence-electron chi connectivity index (χ3n) is 3.63. The molecule has 0 saturated heterocycles. The van der Waals surface area contributed by atoms with E-state index in [0.717, 1.165) is 38.2 Å². The van der Waals surface area contributed by atoms with E-state index in [2.05, 4.69) is 40.2 Å². The zero-order valence-corrected chi connectivity index (χ0v) is 11.9. The maximum atomic E-state index is 5.98. The predicted molar refractivity (Wildman–Crippen MR) is 78.8 cm³/mol. The fraction of sp³-hybridized carbons (Fsp3) is 0.438. The molecule has 4 heteroatoms. The Morgan fingerprint density at radius 3 is 3.10 bits per heavy atom. The van der Waals surface area contributed by atoms with Crippen LogP contribution in [0.1, 0.15) is 24.6 Å². The first-order valence-electron chi connectivity index (χ1n) is 7.33. The van der Waals surface area contributed by atoms with Crippen LogP contribution in [-0.4, -0.2) is 22.4 Å². The number of benzene rings is 1. The molecule has 0 bridgehead atoms. The second kappa shape index (κ2) is 6.09. The minimum Gasteiger partial charge on any atom is -0.488 e. The molecule has 0 amide bonds. The highest BCUT2D eigenvalue weighted by molar-refractivity contribution is 5.37. The molecular weight excluding hydrogens is 250 g/mol. The number of fused-ring (bicyclic) bond motifs is 1. The van der Waals surface area contributed by atoms with Gasteiger partial charge in [0, 0.05) is 19.2 Å². The van der Waals surface area contributed by atoms with Crippen molar-refractivity contribution in [2.45, 2.75) is 39.0 Å². The molecule has 1 aromatic carbocycles. The van der Waals surface area contributed by atoms with Crippen LogP contribution in [0.25, 0.3) is 0 Å². The molecule has 0 radical (unpaired) electrons. The summed E-state index contributed by atoms with van der Waals surface area (Å²) in [5.74, 6) is 1.02. The second-order valence-electron chi connectivity index (χ2n) is 5.23. The Kier molecular flexibility index (Phi) is 4.02. The van der Waals surface area contributed by atoms with Gasteiger partial charge in [0.2, 0.25) is 0 Å². The number of ether oxygens (including phenoxy) is 1. The maximum absolute atomic E-state index is 5.98. The van der Waals surface area contributed by atoms with Gasteiger partial charge in [-0.15, -0.1) is 0 Å². The Morgan fingerprint density at radius 2 is 2.25 bits per heavy atom. The van der Waals surface area contributed by atoms with E-state index < -0.39 is 0 Å². The quantitative estimate of drug-likeness (QED) is 0.820. The molecule has 0 saturated carbocycles. The molecule has 4 nitrogen and oxygen atoms in total. The van der Waals surface area contributed by atoms with Crippen LogP contribution in [0, 0.1) is 0 Å². The number of hydrogen-bond donors (Lipinski definition) is 1. The molecule has 1 aliphatic heterocycles. The number of rotatable bonds is 6. The van der Waals surface area contributed by atoms with Crippen LogP contribution >= 0.6 is 0 Å². The van der Waals surface area contributed by atoms with Gasteiger partial charge in [-0.3, -0.25) is 4.68 Å². The first-order valence-corrected chi connectivity index (χ1v) is 7.33. The lowest BCUT2D eigenvalue weighted by molar-refractivity contribution is 0.201. The van der Waals surface area contributed by atoms with Crippen molar-refractivity contribution < 1.29 is 4.74 Å². The van der Waals surface area contributed by atoms with Gasteiger partial charge >= 0.3 is 0 Å². The molecule has 1 unspecified atom stereocenters. The highest BCUT2D eigenvalue weighted by Gasteiger charge is 2.23. The summed E-state index contributed by atoms with van der Waals surface area (Å²) in [5.41, 5.74) is 2.52. The predicted octanol–water partition coefficient (Wildman–Crippen LogP) is 2.39. The highest BCUT2D eigenvalue weighted by Crippen LogP contribution is 2.28. The van der Waals surface area contributed by atoms with E-state index in [1.54, 1.807) is 0 Å². The monoisotopic (exact) mass is 271 g/mol. The van der Waals surface area contributed by atoms with Gasteiger partial charge in [0.05, 0.1) is 12.2 Å². The molecule has 3 rings (SSSR count). The second-order valence-corrected chi connectivity index (χ2v) is 5.23. The molecule has 2 aromatic rings. The Labute approximate surface area is 119 Å². The number of aromatic nitrogens is 2. The molecule has 20 heavy (non-hydrogen) atoms. The lowest BCUT2D eigenvalue weighted by Gasteiger charge is -2.13. The van der Waals surface area contributed by atoms with Gasteiger partial charge in [0.15, 0.2) is 0 Å². The van der Waals surface area contributed by atoms with Crippen LogP contribution in [0.2, 0.25) is 0 Å². The summed E-state index contributed by atoms with van der Waals surface area (Å²) in [7, 11) is 0. The van der Waals surface area contributed by atoms with Gasteiger partial charge in [-0.2, -0.15) is 5.10 Å². The lowest BCUT2D eigenvalue weighted by Crippen LogP contribution is -2.25. The third-order valence-corrected chi connectivity index (χ3v) is 3.63. The van der Waals surface area contributed by atoms with E-state index in [1.807, 2.05) is 18.3 Å². The molecular formula is C16H21N3O. The zero-order valence-electron chi connectivity index (χ0n) is 11.9. The van der Waals surface area contributed by atoms with Crippen molar-refractivity contribution >= 4 is 0 Å². The summed E-state index contributed by atoms with van der Waals surface area (Å²) in [5, 5.41) is 7.84. The van der Waals surface area contributed by atoms with Crippen molar-refractivity contribution in [3.8, 4) is 5.75 Å². The van der Waals surface area contributed by atoms with Gasteiger partial charge < -0.3 is 10.1 Å². The van der Waals surface area contributed by atoms with Gasteiger partial charge in [-0.05, 0) is 30.7 Å². The van der Waals surface area contributed by atoms with Gasteiger partial charge in [0.25, 0.3) is 0 Å². The van der Waals surface area contributed by atoms with Crippen LogP contribution in [0.4, 0.5) is 0 Å². The van der Waals surface area contributed by atoms with Crippen molar-refractivity contribution in [1.82, 2.24) is 15.1 Å². The van der Waals surface area contributed by atoms with Crippen LogP contribution in [-0.2, 0) is 19.5 Å². The lowest BCUT2D eigenvalue weighted by atomic mass is 10.1. The third kappa shape index (κ3) is 2.85. The number of nitrogens with one attached hydrogen (secondary N) is 1. The summed E-state index contributed by atoms with van der Waals surface area (Å²) in [6.07, 6.45) is 4.18. The average molecular weight is 271 g/mol. The summed E-state index contributed by atoms with van der Waals surface area (Å²) >= 11 is 0. The Balaban J connectivity index is 1.61. The van der Waals surface area contributed by atoms with Gasteiger partial charge in [-0.1, -0.05) is 25.1 Å². The van der Waals surface area contributed by atoms with E-state index in [4.69, 9.17) is 4.74 Å². The topological polar surface area (TPSA) is 39.1 Å². The first kappa shape index (κ1) is 13.2. The van der Waals surface area contributed by atoms with E-state index >= 15 is 0 Å². The Hall–Kier alpha value is -1.81. The molecule has 1 N–H and O–H groups in total.